The Morgan fingerprint density at radius 3 is 2.73 bits per heavy atom. The number of pyridine rings is 1. The van der Waals surface area contributed by atoms with E-state index >= 15 is 0 Å². The fourth-order valence-corrected chi connectivity index (χ4v) is 3.46. The highest BCUT2D eigenvalue weighted by Gasteiger charge is 2.14. The van der Waals surface area contributed by atoms with Crippen LogP contribution in [0.15, 0.2) is 79.3 Å². The Morgan fingerprint density at radius 1 is 1.00 bits per heavy atom. The molecule has 162 valence electrons. The molecule has 0 bridgehead atoms. The minimum Gasteiger partial charge on any atom is -0.453 e. The van der Waals surface area contributed by atoms with Gasteiger partial charge in [-0.3, -0.25) is 4.79 Å². The standard InChI is InChI=1S/C24H15ClFN5O2/c25-15-3-1-2-14(12-15)19-7-10-29-23(31-19)24(32)30-16-4-5-21(18(26)13-16)33-20-8-11-28-22-17(20)6-9-27-22/h1-13H,(H,27,28)(H,30,32). The Balaban J connectivity index is 1.34. The number of nitrogens with zero attached hydrogens (tertiary/aromatic N) is 3. The van der Waals surface area contributed by atoms with E-state index in [1.54, 1.807) is 48.8 Å². The van der Waals surface area contributed by atoms with Gasteiger partial charge < -0.3 is 15.0 Å². The van der Waals surface area contributed by atoms with Gasteiger partial charge in [0.1, 0.15) is 11.4 Å². The summed E-state index contributed by atoms with van der Waals surface area (Å²) in [5.41, 5.74) is 2.17. The molecule has 0 fully saturated rings. The van der Waals surface area contributed by atoms with Crippen LogP contribution >= 0.6 is 11.6 Å². The molecule has 2 N–H and O–H groups in total. The first kappa shape index (κ1) is 20.6. The van der Waals surface area contributed by atoms with Gasteiger partial charge in [0, 0.05) is 40.9 Å². The van der Waals surface area contributed by atoms with Gasteiger partial charge in [-0.2, -0.15) is 0 Å². The van der Waals surface area contributed by atoms with Crippen molar-refractivity contribution >= 4 is 34.2 Å². The largest absolute Gasteiger partial charge is 0.453 e. The molecule has 0 aliphatic rings. The number of carbonyl (C=O) groups excluding carboxylic acids is 1. The van der Waals surface area contributed by atoms with Crippen LogP contribution in [-0.2, 0) is 0 Å². The first-order chi connectivity index (χ1) is 16.1. The summed E-state index contributed by atoms with van der Waals surface area (Å²) >= 11 is 6.03. The van der Waals surface area contributed by atoms with Crippen LogP contribution in [0, 0.1) is 5.82 Å². The Kier molecular flexibility index (Phi) is 5.42. The molecule has 7 nitrogen and oxygen atoms in total. The second-order valence-corrected chi connectivity index (χ2v) is 7.46. The molecule has 0 aliphatic heterocycles. The van der Waals surface area contributed by atoms with Crippen LogP contribution in [0.25, 0.3) is 22.3 Å². The lowest BCUT2D eigenvalue weighted by Crippen LogP contribution is -2.16. The third-order valence-corrected chi connectivity index (χ3v) is 5.04. The topological polar surface area (TPSA) is 92.8 Å². The third kappa shape index (κ3) is 4.37. The lowest BCUT2D eigenvalue weighted by molar-refractivity contribution is 0.101. The summed E-state index contributed by atoms with van der Waals surface area (Å²) in [6.07, 6.45) is 4.77. The van der Waals surface area contributed by atoms with Gasteiger partial charge in [-0.15, -0.1) is 0 Å². The summed E-state index contributed by atoms with van der Waals surface area (Å²) in [5, 5.41) is 3.89. The highest BCUT2D eigenvalue weighted by atomic mass is 35.5. The van der Waals surface area contributed by atoms with E-state index in [1.165, 1.54) is 24.4 Å². The van der Waals surface area contributed by atoms with Crippen molar-refractivity contribution in [2.75, 3.05) is 5.32 Å². The predicted molar refractivity (Wildman–Crippen MR) is 123 cm³/mol. The molecule has 0 aliphatic carbocycles. The molecule has 0 spiro atoms. The molecule has 33 heavy (non-hydrogen) atoms. The number of anilines is 1. The van der Waals surface area contributed by atoms with Crippen LogP contribution in [0.4, 0.5) is 10.1 Å². The predicted octanol–water partition coefficient (Wildman–Crippen LogP) is 5.86. The zero-order valence-electron chi connectivity index (χ0n) is 16.9. The van der Waals surface area contributed by atoms with Gasteiger partial charge in [-0.25, -0.2) is 19.3 Å². The van der Waals surface area contributed by atoms with Crippen molar-refractivity contribution in [3.05, 3.63) is 95.9 Å². The SMILES string of the molecule is O=C(Nc1ccc(Oc2ccnc3[nH]ccc23)c(F)c1)c1nccc(-c2cccc(Cl)c2)n1. The van der Waals surface area contributed by atoms with Crippen LogP contribution in [-0.4, -0.2) is 25.8 Å². The normalized spacial score (nSPS) is 10.8. The van der Waals surface area contributed by atoms with Crippen molar-refractivity contribution < 1.29 is 13.9 Å². The number of benzene rings is 2. The van der Waals surface area contributed by atoms with Gasteiger partial charge in [0.2, 0.25) is 5.82 Å². The van der Waals surface area contributed by atoms with E-state index in [9.17, 15) is 9.18 Å². The molecule has 0 saturated carbocycles. The van der Waals surface area contributed by atoms with E-state index in [0.29, 0.717) is 22.1 Å². The van der Waals surface area contributed by atoms with E-state index in [-0.39, 0.29) is 17.3 Å². The van der Waals surface area contributed by atoms with E-state index in [2.05, 4.69) is 25.3 Å². The number of amides is 1. The minimum atomic E-state index is -0.637. The highest BCUT2D eigenvalue weighted by Crippen LogP contribution is 2.31. The number of fused-ring (bicyclic) bond motifs is 1. The maximum absolute atomic E-state index is 14.7. The van der Waals surface area contributed by atoms with Crippen LogP contribution < -0.4 is 10.1 Å². The summed E-state index contributed by atoms with van der Waals surface area (Å²) in [6, 6.07) is 16.4. The molecule has 0 saturated heterocycles. The molecule has 0 atom stereocenters. The van der Waals surface area contributed by atoms with Crippen molar-refractivity contribution in [2.24, 2.45) is 0 Å². The van der Waals surface area contributed by atoms with Gasteiger partial charge in [-0.1, -0.05) is 23.7 Å². The molecule has 5 rings (SSSR count). The number of ether oxygens (including phenoxy) is 1. The van der Waals surface area contributed by atoms with E-state index in [0.717, 1.165) is 10.9 Å². The zero-order chi connectivity index (χ0) is 22.8. The Hall–Kier alpha value is -4.30. The smallest absolute Gasteiger partial charge is 0.293 e. The molecule has 9 heteroatoms. The molecular weight excluding hydrogens is 445 g/mol. The van der Waals surface area contributed by atoms with Gasteiger partial charge in [0.15, 0.2) is 11.6 Å². The number of nitrogens with one attached hydrogen (secondary N) is 2. The van der Waals surface area contributed by atoms with E-state index < -0.39 is 11.7 Å². The summed E-state index contributed by atoms with van der Waals surface area (Å²) in [7, 11) is 0. The molecule has 0 radical (unpaired) electrons. The quantitative estimate of drug-likeness (QED) is 0.343. The second kappa shape index (κ2) is 8.68. The first-order valence-electron chi connectivity index (χ1n) is 9.87. The fourth-order valence-electron chi connectivity index (χ4n) is 3.27. The van der Waals surface area contributed by atoms with Crippen molar-refractivity contribution in [1.82, 2.24) is 19.9 Å². The third-order valence-electron chi connectivity index (χ3n) is 4.81. The number of H-pyrrole nitrogens is 1. The molecule has 3 aromatic heterocycles. The molecule has 5 aromatic rings. The highest BCUT2D eigenvalue weighted by molar-refractivity contribution is 6.30. The average Bonchev–Trinajstić information content (AvgIpc) is 3.31. The summed E-state index contributed by atoms with van der Waals surface area (Å²) in [6.45, 7) is 0. The number of aromatic nitrogens is 4. The number of hydrogen-bond acceptors (Lipinski definition) is 5. The van der Waals surface area contributed by atoms with Gasteiger partial charge in [-0.05, 0) is 42.5 Å². The van der Waals surface area contributed by atoms with Crippen molar-refractivity contribution in [3.63, 3.8) is 0 Å². The Morgan fingerprint density at radius 2 is 1.88 bits per heavy atom. The van der Waals surface area contributed by atoms with Crippen LogP contribution in [0.1, 0.15) is 10.6 Å². The Labute approximate surface area is 192 Å². The number of hydrogen-bond donors (Lipinski definition) is 2. The van der Waals surface area contributed by atoms with Crippen LogP contribution in [0.5, 0.6) is 11.5 Å². The lowest BCUT2D eigenvalue weighted by atomic mass is 10.1. The summed E-state index contributed by atoms with van der Waals surface area (Å²) in [5.74, 6) is -0.791. The van der Waals surface area contributed by atoms with Crippen LogP contribution in [0.2, 0.25) is 5.02 Å². The fraction of sp³-hybridized carbons (Fsp3) is 0. The van der Waals surface area contributed by atoms with Crippen LogP contribution in [0.3, 0.4) is 0 Å². The minimum absolute atomic E-state index is 0.0147. The van der Waals surface area contributed by atoms with E-state index in [4.69, 9.17) is 16.3 Å². The zero-order valence-corrected chi connectivity index (χ0v) is 17.7. The van der Waals surface area contributed by atoms with Crippen molar-refractivity contribution in [1.29, 1.82) is 0 Å². The van der Waals surface area contributed by atoms with Gasteiger partial charge >= 0.3 is 0 Å². The number of rotatable bonds is 5. The second-order valence-electron chi connectivity index (χ2n) is 7.03. The van der Waals surface area contributed by atoms with Gasteiger partial charge in [0.05, 0.1) is 11.1 Å². The molecule has 3 heterocycles. The molecule has 0 unspecified atom stereocenters. The molecule has 1 amide bonds. The monoisotopic (exact) mass is 459 g/mol. The molecule has 2 aromatic carbocycles. The maximum Gasteiger partial charge on any atom is 0.293 e. The average molecular weight is 460 g/mol. The number of aromatic amines is 1. The van der Waals surface area contributed by atoms with Gasteiger partial charge in [0.25, 0.3) is 5.91 Å². The Bertz CT molecular complexity index is 1490. The molecular formula is C24H15ClFN5O2. The van der Waals surface area contributed by atoms with Crippen molar-refractivity contribution in [2.45, 2.75) is 0 Å². The number of carbonyl (C=O) groups is 1. The maximum atomic E-state index is 14.7. The number of halogens is 2. The summed E-state index contributed by atoms with van der Waals surface area (Å²) < 4.78 is 20.4. The lowest BCUT2D eigenvalue weighted by Gasteiger charge is -2.10. The first-order valence-corrected chi connectivity index (χ1v) is 10.2. The summed E-state index contributed by atoms with van der Waals surface area (Å²) in [4.78, 5) is 28.1. The van der Waals surface area contributed by atoms with E-state index in [1.807, 2.05) is 6.07 Å². The van der Waals surface area contributed by atoms with Crippen molar-refractivity contribution in [3.8, 4) is 22.8 Å².